The maximum atomic E-state index is 12.1. The molecule has 0 saturated heterocycles. The number of carbonyl (C=O) groups is 1. The summed E-state index contributed by atoms with van der Waals surface area (Å²) in [4.78, 5) is 11.8. The van der Waals surface area contributed by atoms with Crippen molar-refractivity contribution in [3.8, 4) is 16.9 Å². The molecular formula is C17H12ClNO5S. The highest BCUT2D eigenvalue weighted by Gasteiger charge is 2.24. The Morgan fingerprint density at radius 3 is 2.36 bits per heavy atom. The van der Waals surface area contributed by atoms with Crippen molar-refractivity contribution >= 4 is 27.6 Å². The van der Waals surface area contributed by atoms with E-state index in [0.29, 0.717) is 16.1 Å². The summed E-state index contributed by atoms with van der Waals surface area (Å²) in [6.07, 6.45) is 1.31. The zero-order valence-electron chi connectivity index (χ0n) is 12.7. The van der Waals surface area contributed by atoms with Crippen LogP contribution in [0, 0.1) is 0 Å². The van der Waals surface area contributed by atoms with Gasteiger partial charge in [0.1, 0.15) is 4.90 Å². The predicted molar refractivity (Wildman–Crippen MR) is 91.9 cm³/mol. The topological polar surface area (TPSA) is 99.6 Å². The molecule has 25 heavy (non-hydrogen) atoms. The van der Waals surface area contributed by atoms with E-state index in [1.54, 1.807) is 36.4 Å². The van der Waals surface area contributed by atoms with Crippen molar-refractivity contribution in [3.05, 3.63) is 71.6 Å². The van der Waals surface area contributed by atoms with E-state index in [1.165, 1.54) is 24.5 Å². The van der Waals surface area contributed by atoms with Gasteiger partial charge in [-0.2, -0.15) is 0 Å². The van der Waals surface area contributed by atoms with Crippen molar-refractivity contribution in [2.24, 2.45) is 5.14 Å². The lowest BCUT2D eigenvalue weighted by atomic mass is 10.1. The maximum Gasteiger partial charge on any atom is 0.379 e. The standard InChI is InChI=1S/C17H12ClNO5S/c18-12-8-6-11(7-9-12)13-3-1-4-14(16(13)25(19,21)22)24-17(20)15-5-2-10-23-15/h1-10H,(H2,19,21,22). The van der Waals surface area contributed by atoms with Gasteiger partial charge in [-0.05, 0) is 35.9 Å². The van der Waals surface area contributed by atoms with Crippen LogP contribution in [-0.4, -0.2) is 14.4 Å². The van der Waals surface area contributed by atoms with E-state index in [2.05, 4.69) is 0 Å². The molecule has 2 aromatic carbocycles. The number of esters is 1. The van der Waals surface area contributed by atoms with Gasteiger partial charge in [0.15, 0.2) is 5.75 Å². The molecule has 1 heterocycles. The Kier molecular flexibility index (Phi) is 4.63. The highest BCUT2D eigenvalue weighted by Crippen LogP contribution is 2.34. The van der Waals surface area contributed by atoms with Crippen LogP contribution in [0.3, 0.4) is 0 Å². The van der Waals surface area contributed by atoms with Gasteiger partial charge in [0.2, 0.25) is 15.8 Å². The third-order valence-electron chi connectivity index (χ3n) is 3.34. The summed E-state index contributed by atoms with van der Waals surface area (Å²) in [7, 11) is -4.18. The zero-order chi connectivity index (χ0) is 18.0. The highest BCUT2D eigenvalue weighted by molar-refractivity contribution is 7.89. The van der Waals surface area contributed by atoms with Crippen molar-refractivity contribution in [1.29, 1.82) is 0 Å². The maximum absolute atomic E-state index is 12.1. The first-order valence-corrected chi connectivity index (χ1v) is 8.96. The van der Waals surface area contributed by atoms with Crippen molar-refractivity contribution < 1.29 is 22.4 Å². The van der Waals surface area contributed by atoms with Crippen molar-refractivity contribution in [1.82, 2.24) is 0 Å². The van der Waals surface area contributed by atoms with Crippen LogP contribution in [0.5, 0.6) is 5.75 Å². The summed E-state index contributed by atoms with van der Waals surface area (Å²) in [5.41, 5.74) is 0.855. The van der Waals surface area contributed by atoms with Gasteiger partial charge in [-0.1, -0.05) is 35.9 Å². The van der Waals surface area contributed by atoms with Crippen LogP contribution in [0.4, 0.5) is 0 Å². The summed E-state index contributed by atoms with van der Waals surface area (Å²) in [6.45, 7) is 0. The van der Waals surface area contributed by atoms with E-state index in [0.717, 1.165) is 0 Å². The Hall–Kier alpha value is -2.61. The molecule has 0 aliphatic heterocycles. The average Bonchev–Trinajstić information content (AvgIpc) is 3.09. The monoisotopic (exact) mass is 377 g/mol. The molecule has 0 radical (unpaired) electrons. The summed E-state index contributed by atoms with van der Waals surface area (Å²) >= 11 is 5.86. The lowest BCUT2D eigenvalue weighted by molar-refractivity contribution is 0.0697. The Balaban J connectivity index is 2.11. The van der Waals surface area contributed by atoms with Gasteiger partial charge >= 0.3 is 5.97 Å². The largest absolute Gasteiger partial charge is 0.457 e. The van der Waals surface area contributed by atoms with Gasteiger partial charge in [0, 0.05) is 10.6 Å². The molecule has 0 spiro atoms. The number of nitrogens with two attached hydrogens (primary N) is 1. The Bertz CT molecular complexity index is 1010. The fourth-order valence-corrected chi connectivity index (χ4v) is 3.30. The number of primary sulfonamides is 1. The molecule has 1 aromatic heterocycles. The molecular weight excluding hydrogens is 366 g/mol. The number of hydrogen-bond acceptors (Lipinski definition) is 5. The normalized spacial score (nSPS) is 11.3. The number of ether oxygens (including phenoxy) is 1. The van der Waals surface area contributed by atoms with E-state index in [-0.39, 0.29) is 16.4 Å². The summed E-state index contributed by atoms with van der Waals surface area (Å²) in [6, 6.07) is 13.9. The van der Waals surface area contributed by atoms with Crippen LogP contribution >= 0.6 is 11.6 Å². The molecule has 0 atom stereocenters. The molecule has 2 N–H and O–H groups in total. The molecule has 0 fully saturated rings. The minimum atomic E-state index is -4.18. The van der Waals surface area contributed by atoms with Crippen LogP contribution in [0.15, 0.2) is 70.2 Å². The van der Waals surface area contributed by atoms with Crippen molar-refractivity contribution in [3.63, 3.8) is 0 Å². The molecule has 6 nitrogen and oxygen atoms in total. The van der Waals surface area contributed by atoms with Crippen molar-refractivity contribution in [2.75, 3.05) is 0 Å². The molecule has 0 saturated carbocycles. The van der Waals surface area contributed by atoms with Crippen LogP contribution in [0.2, 0.25) is 5.02 Å². The Morgan fingerprint density at radius 1 is 1.04 bits per heavy atom. The third kappa shape index (κ3) is 3.74. The number of sulfonamides is 1. The smallest absolute Gasteiger partial charge is 0.379 e. The van der Waals surface area contributed by atoms with Crippen LogP contribution in [0.1, 0.15) is 10.6 Å². The second-order valence-corrected chi connectivity index (χ2v) is 6.99. The quantitative estimate of drug-likeness (QED) is 0.554. The van der Waals surface area contributed by atoms with Gasteiger partial charge in [0.05, 0.1) is 6.26 Å². The van der Waals surface area contributed by atoms with E-state index < -0.39 is 16.0 Å². The molecule has 3 aromatic rings. The van der Waals surface area contributed by atoms with Gasteiger partial charge in [-0.25, -0.2) is 18.4 Å². The number of halogens is 1. The first-order valence-electron chi connectivity index (χ1n) is 7.04. The first-order chi connectivity index (χ1) is 11.9. The van der Waals surface area contributed by atoms with E-state index >= 15 is 0 Å². The molecule has 0 aliphatic rings. The number of hydrogen-bond donors (Lipinski definition) is 1. The Morgan fingerprint density at radius 2 is 1.76 bits per heavy atom. The molecule has 0 aliphatic carbocycles. The number of carbonyl (C=O) groups excluding carboxylic acids is 1. The molecule has 8 heteroatoms. The molecule has 0 amide bonds. The number of benzene rings is 2. The summed E-state index contributed by atoms with van der Waals surface area (Å²) in [5, 5.41) is 5.85. The predicted octanol–water partition coefficient (Wildman–Crippen LogP) is 3.47. The molecule has 0 bridgehead atoms. The van der Waals surface area contributed by atoms with E-state index in [1.807, 2.05) is 0 Å². The highest BCUT2D eigenvalue weighted by atomic mass is 35.5. The number of furan rings is 1. The van der Waals surface area contributed by atoms with Crippen LogP contribution in [0.25, 0.3) is 11.1 Å². The fourth-order valence-electron chi connectivity index (χ4n) is 2.29. The van der Waals surface area contributed by atoms with Crippen LogP contribution in [-0.2, 0) is 10.0 Å². The lowest BCUT2D eigenvalue weighted by Gasteiger charge is -2.13. The van der Waals surface area contributed by atoms with Crippen LogP contribution < -0.4 is 9.88 Å². The zero-order valence-corrected chi connectivity index (χ0v) is 14.3. The van der Waals surface area contributed by atoms with Gasteiger partial charge in [-0.3, -0.25) is 0 Å². The minimum absolute atomic E-state index is 0.0581. The first kappa shape index (κ1) is 17.2. The van der Waals surface area contributed by atoms with Gasteiger partial charge in [-0.15, -0.1) is 0 Å². The molecule has 128 valence electrons. The van der Waals surface area contributed by atoms with Gasteiger partial charge < -0.3 is 9.15 Å². The second kappa shape index (κ2) is 6.72. The number of rotatable bonds is 4. The van der Waals surface area contributed by atoms with E-state index in [4.69, 9.17) is 25.9 Å². The molecule has 3 rings (SSSR count). The molecule has 0 unspecified atom stereocenters. The third-order valence-corrected chi connectivity index (χ3v) is 4.59. The summed E-state index contributed by atoms with van der Waals surface area (Å²) in [5.74, 6) is -1.07. The second-order valence-electron chi connectivity index (χ2n) is 5.05. The van der Waals surface area contributed by atoms with Gasteiger partial charge in [0.25, 0.3) is 0 Å². The SMILES string of the molecule is NS(=O)(=O)c1c(OC(=O)c2ccco2)cccc1-c1ccc(Cl)cc1. The average molecular weight is 378 g/mol. The van der Waals surface area contributed by atoms with Crippen molar-refractivity contribution in [2.45, 2.75) is 4.90 Å². The lowest BCUT2D eigenvalue weighted by Crippen LogP contribution is -2.17. The minimum Gasteiger partial charge on any atom is -0.457 e. The van der Waals surface area contributed by atoms with E-state index in [9.17, 15) is 13.2 Å². The fraction of sp³-hybridized carbons (Fsp3) is 0. The summed E-state index contributed by atoms with van der Waals surface area (Å²) < 4.78 is 34.4. The Labute approximate surface area is 148 Å².